The summed E-state index contributed by atoms with van der Waals surface area (Å²) in [6.45, 7) is 15.6. The number of ether oxygens (including phenoxy) is 6. The van der Waals surface area contributed by atoms with Gasteiger partial charge in [0, 0.05) is 5.92 Å². The predicted octanol–water partition coefficient (Wildman–Crippen LogP) is -0.331. The minimum absolute atomic E-state index is 0.179. The number of fused-ring (bicyclic) bond motifs is 7. The summed E-state index contributed by atoms with van der Waals surface area (Å²) in [6.07, 6.45) is -17.7. The molecule has 3 aliphatic heterocycles. The predicted molar refractivity (Wildman–Crippen MR) is 226 cm³/mol. The van der Waals surface area contributed by atoms with Crippen molar-refractivity contribution in [1.29, 1.82) is 0 Å². The zero-order valence-electron chi connectivity index (χ0n) is 38.4. The molecule has 24 unspecified atom stereocenters. The lowest BCUT2D eigenvalue weighted by Crippen LogP contribution is -2.67. The lowest BCUT2D eigenvalue weighted by molar-refractivity contribution is -0.361. The highest BCUT2D eigenvalue weighted by Crippen LogP contribution is 2.75. The molecule has 0 bridgehead atoms. The molecular formula is C47H74O18. The Bertz CT molecular complexity index is 1810. The first-order chi connectivity index (χ1) is 30.4. The minimum atomic E-state index is -1.85. The van der Waals surface area contributed by atoms with Gasteiger partial charge in [0.15, 0.2) is 12.6 Å². The SMILES string of the molecule is C=C1CCC2(C(=O)OC3OC(COC4OC(CO)C(OC5OC(C)C(O)C(O)C5O)C(O)C4O)C(O)C(O)C3O)CCC3(C)C(=CCC4C5(C)CC(O)C(O)C(C)(C)C5CCC43C)C2C1. The number of hydrogen-bond donors (Lipinski definition) is 11. The second-order valence-electron chi connectivity index (χ2n) is 22.2. The van der Waals surface area contributed by atoms with Gasteiger partial charge in [-0.2, -0.15) is 0 Å². The third-order valence-electron chi connectivity index (χ3n) is 18.6. The molecule has 8 rings (SSSR count). The third-order valence-corrected chi connectivity index (χ3v) is 18.6. The molecule has 0 radical (unpaired) electrons. The summed E-state index contributed by atoms with van der Waals surface area (Å²) in [6, 6.07) is 0. The van der Waals surface area contributed by atoms with Crippen molar-refractivity contribution in [2.75, 3.05) is 13.2 Å². The van der Waals surface area contributed by atoms with Crippen molar-refractivity contribution in [2.24, 2.45) is 44.8 Å². The van der Waals surface area contributed by atoms with Gasteiger partial charge in [0.2, 0.25) is 6.29 Å². The summed E-state index contributed by atoms with van der Waals surface area (Å²) in [5.74, 6) is -0.427. The number of aliphatic hydroxyl groups excluding tert-OH is 11. The Hall–Kier alpha value is -1.69. The van der Waals surface area contributed by atoms with Crippen LogP contribution in [0.2, 0.25) is 0 Å². The number of esters is 1. The second kappa shape index (κ2) is 17.6. The van der Waals surface area contributed by atoms with Crippen LogP contribution in [0.3, 0.4) is 0 Å². The monoisotopic (exact) mass is 926 g/mol. The maximum Gasteiger partial charge on any atom is 0.315 e. The van der Waals surface area contributed by atoms with Gasteiger partial charge in [-0.15, -0.1) is 0 Å². The molecule has 3 saturated heterocycles. The smallest absolute Gasteiger partial charge is 0.315 e. The van der Waals surface area contributed by atoms with Crippen LogP contribution in [0.15, 0.2) is 23.8 Å². The lowest BCUT2D eigenvalue weighted by atomic mass is 9.33. The maximum atomic E-state index is 14.8. The van der Waals surface area contributed by atoms with E-state index in [0.717, 1.165) is 24.8 Å². The molecule has 0 aromatic heterocycles. The van der Waals surface area contributed by atoms with Crippen molar-refractivity contribution in [3.63, 3.8) is 0 Å². The number of hydrogen-bond acceptors (Lipinski definition) is 18. The number of allylic oxidation sites excluding steroid dienone is 3. The quantitative estimate of drug-likeness (QED) is 0.110. The van der Waals surface area contributed by atoms with Crippen LogP contribution in [0.4, 0.5) is 0 Å². The normalized spacial score (nSPS) is 54.3. The van der Waals surface area contributed by atoms with E-state index in [4.69, 9.17) is 28.4 Å². The van der Waals surface area contributed by atoms with Crippen molar-refractivity contribution in [3.05, 3.63) is 23.8 Å². The van der Waals surface area contributed by atoms with Gasteiger partial charge in [-0.05, 0) is 98.2 Å². The molecule has 5 aliphatic carbocycles. The zero-order valence-corrected chi connectivity index (χ0v) is 38.4. The lowest BCUT2D eigenvalue weighted by Gasteiger charge is -2.71. The van der Waals surface area contributed by atoms with E-state index < -0.39 is 134 Å². The fourth-order valence-electron chi connectivity index (χ4n) is 14.5. The molecule has 24 atom stereocenters. The second-order valence-corrected chi connectivity index (χ2v) is 22.2. The zero-order chi connectivity index (χ0) is 47.5. The topological polar surface area (TPSA) is 295 Å². The van der Waals surface area contributed by atoms with Gasteiger partial charge >= 0.3 is 5.97 Å². The van der Waals surface area contributed by atoms with E-state index in [1.807, 2.05) is 0 Å². The molecule has 3 heterocycles. The Balaban J connectivity index is 0.967. The summed E-state index contributed by atoms with van der Waals surface area (Å²) < 4.78 is 34.6. The summed E-state index contributed by atoms with van der Waals surface area (Å²) >= 11 is 0. The molecule has 18 heteroatoms. The van der Waals surface area contributed by atoms with Gasteiger partial charge in [-0.25, -0.2) is 0 Å². The molecule has 0 aromatic rings. The fraction of sp³-hybridized carbons (Fsp3) is 0.894. The van der Waals surface area contributed by atoms with E-state index in [-0.39, 0.29) is 34.0 Å². The Kier molecular flexibility index (Phi) is 13.5. The number of rotatable bonds is 8. The number of carbonyl (C=O) groups is 1. The molecule has 0 amide bonds. The molecule has 0 aromatic carbocycles. The molecule has 11 N–H and O–H groups in total. The van der Waals surface area contributed by atoms with E-state index in [9.17, 15) is 61.0 Å². The molecule has 4 saturated carbocycles. The molecule has 65 heavy (non-hydrogen) atoms. The van der Waals surface area contributed by atoms with Crippen molar-refractivity contribution in [2.45, 2.75) is 204 Å². The van der Waals surface area contributed by atoms with Crippen molar-refractivity contribution >= 4 is 5.97 Å². The standard InChI is InChI=1S/C47H74O18/c1-20-10-13-47(15-14-45(6)22(23(47)16-20)8-9-28-44(5)17-24(49)38(58)43(3,4)27(44)11-12-46(28,45)7)42(59)65-41-35(56)32(53)30(51)26(63-41)19-60-39-36(57)33(54)37(25(18-48)62-39)64-40-34(55)31(52)29(50)21(2)61-40/h8,21,23-41,48-58H,1,9-19H2,2-7H3. The fourth-order valence-corrected chi connectivity index (χ4v) is 14.5. The first-order valence-corrected chi connectivity index (χ1v) is 23.6. The molecule has 7 fully saturated rings. The molecule has 370 valence electrons. The van der Waals surface area contributed by atoms with Crippen LogP contribution in [0.5, 0.6) is 0 Å². The van der Waals surface area contributed by atoms with Crippen molar-refractivity contribution in [1.82, 2.24) is 0 Å². The van der Waals surface area contributed by atoms with Crippen molar-refractivity contribution < 1.29 is 89.4 Å². The van der Waals surface area contributed by atoms with Crippen LogP contribution in [0.25, 0.3) is 0 Å². The van der Waals surface area contributed by atoms with Crippen LogP contribution in [-0.4, -0.2) is 180 Å². The number of aliphatic hydroxyl groups is 11. The van der Waals surface area contributed by atoms with Crippen LogP contribution in [-0.2, 0) is 33.2 Å². The first-order valence-electron chi connectivity index (χ1n) is 23.6. The van der Waals surface area contributed by atoms with Crippen LogP contribution in [0.1, 0.15) is 99.3 Å². The average molecular weight is 927 g/mol. The molecule has 8 aliphatic rings. The van der Waals surface area contributed by atoms with Gasteiger partial charge in [0.1, 0.15) is 67.1 Å². The van der Waals surface area contributed by atoms with Gasteiger partial charge in [-0.1, -0.05) is 58.4 Å². The van der Waals surface area contributed by atoms with Gasteiger partial charge < -0.3 is 84.6 Å². The highest BCUT2D eigenvalue weighted by atomic mass is 16.8. The summed E-state index contributed by atoms with van der Waals surface area (Å²) in [7, 11) is 0. The molecule has 18 nitrogen and oxygen atoms in total. The largest absolute Gasteiger partial charge is 0.432 e. The Morgan fingerprint density at radius 2 is 1.40 bits per heavy atom. The van der Waals surface area contributed by atoms with Crippen LogP contribution >= 0.6 is 0 Å². The minimum Gasteiger partial charge on any atom is -0.432 e. The summed E-state index contributed by atoms with van der Waals surface area (Å²) in [5.41, 5.74) is 0.0304. The third kappa shape index (κ3) is 7.72. The van der Waals surface area contributed by atoms with Gasteiger partial charge in [0.05, 0.1) is 36.9 Å². The Morgan fingerprint density at radius 3 is 2.09 bits per heavy atom. The molecular weight excluding hydrogens is 852 g/mol. The summed E-state index contributed by atoms with van der Waals surface area (Å²) in [5, 5.41) is 119. The highest BCUT2D eigenvalue weighted by molar-refractivity contribution is 5.79. The molecule has 0 spiro atoms. The number of carbonyl (C=O) groups excluding carboxylic acids is 1. The van der Waals surface area contributed by atoms with E-state index in [2.05, 4.69) is 47.3 Å². The van der Waals surface area contributed by atoms with Crippen LogP contribution in [0, 0.1) is 44.8 Å². The van der Waals surface area contributed by atoms with E-state index >= 15 is 0 Å². The maximum absolute atomic E-state index is 14.8. The Morgan fingerprint density at radius 1 is 0.754 bits per heavy atom. The van der Waals surface area contributed by atoms with E-state index in [1.54, 1.807) is 0 Å². The first kappa shape index (κ1) is 49.7. The Labute approximate surface area is 380 Å². The van der Waals surface area contributed by atoms with Crippen molar-refractivity contribution in [3.8, 4) is 0 Å². The van der Waals surface area contributed by atoms with E-state index in [1.165, 1.54) is 12.5 Å². The van der Waals surface area contributed by atoms with Crippen LogP contribution < -0.4 is 0 Å². The average Bonchev–Trinajstić information content (AvgIpc) is 3.25. The van der Waals surface area contributed by atoms with Gasteiger partial charge in [-0.3, -0.25) is 4.79 Å². The summed E-state index contributed by atoms with van der Waals surface area (Å²) in [4.78, 5) is 14.8. The highest BCUT2D eigenvalue weighted by Gasteiger charge is 2.70. The van der Waals surface area contributed by atoms with E-state index in [0.29, 0.717) is 38.5 Å². The van der Waals surface area contributed by atoms with Gasteiger partial charge in [0.25, 0.3) is 0 Å².